The first-order valence-electron chi connectivity index (χ1n) is 6.69. The minimum absolute atomic E-state index is 0.0656. The molecule has 0 saturated carbocycles. The molecular weight excluding hydrogens is 224 g/mol. The number of benzene rings is 1. The van der Waals surface area contributed by atoms with Crippen molar-refractivity contribution in [3.05, 3.63) is 35.4 Å². The summed E-state index contributed by atoms with van der Waals surface area (Å²) in [6.07, 6.45) is 1.95. The fourth-order valence-electron chi connectivity index (χ4n) is 2.39. The van der Waals surface area contributed by atoms with Crippen LogP contribution in [0.2, 0.25) is 0 Å². The fraction of sp³-hybridized carbons (Fsp3) is 0.562. The molecule has 2 heteroatoms. The van der Waals surface area contributed by atoms with Crippen LogP contribution in [0.15, 0.2) is 24.3 Å². The lowest BCUT2D eigenvalue weighted by atomic mass is 9.82. The van der Waals surface area contributed by atoms with Crippen molar-refractivity contribution in [3.63, 3.8) is 0 Å². The van der Waals surface area contributed by atoms with Gasteiger partial charge in [-0.25, -0.2) is 0 Å². The second-order valence-electron chi connectivity index (χ2n) is 6.25. The molecule has 18 heavy (non-hydrogen) atoms. The van der Waals surface area contributed by atoms with E-state index in [1.165, 1.54) is 11.1 Å². The largest absolute Gasteiger partial charge is 0.457 e. The van der Waals surface area contributed by atoms with E-state index >= 15 is 0 Å². The normalized spacial score (nSPS) is 23.3. The van der Waals surface area contributed by atoms with Gasteiger partial charge in [0.1, 0.15) is 6.10 Å². The summed E-state index contributed by atoms with van der Waals surface area (Å²) in [6, 6.07) is 8.32. The molecule has 2 unspecified atom stereocenters. The van der Waals surface area contributed by atoms with E-state index in [0.717, 1.165) is 12.8 Å². The molecule has 2 rings (SSSR count). The minimum Gasteiger partial charge on any atom is -0.457 e. The molecule has 0 saturated heterocycles. The van der Waals surface area contributed by atoms with Crippen molar-refractivity contribution in [2.24, 2.45) is 5.41 Å². The summed E-state index contributed by atoms with van der Waals surface area (Å²) in [7, 11) is 0. The number of ether oxygens (including phenoxy) is 1. The van der Waals surface area contributed by atoms with E-state index in [0.29, 0.717) is 5.92 Å². The smallest absolute Gasteiger partial charge is 0.311 e. The first-order chi connectivity index (χ1) is 8.39. The number of rotatable bonds is 1. The second-order valence-corrected chi connectivity index (χ2v) is 6.25. The standard InChI is InChI=1S/C16H22O2/c1-11-9-10-14(18-15(17)16(2,3)4)13-8-6-5-7-12(11)13/h5-8,11,14H,9-10H2,1-4H3. The van der Waals surface area contributed by atoms with Gasteiger partial charge in [-0.3, -0.25) is 4.79 Å². The van der Waals surface area contributed by atoms with Crippen LogP contribution >= 0.6 is 0 Å². The Balaban J connectivity index is 2.22. The van der Waals surface area contributed by atoms with E-state index in [1.807, 2.05) is 26.8 Å². The lowest BCUT2D eigenvalue weighted by Gasteiger charge is -2.31. The van der Waals surface area contributed by atoms with Gasteiger partial charge in [-0.1, -0.05) is 31.2 Å². The van der Waals surface area contributed by atoms with Crippen LogP contribution in [0.5, 0.6) is 0 Å². The maximum absolute atomic E-state index is 12.0. The molecule has 1 aliphatic rings. The predicted octanol–water partition coefficient (Wildman–Crippen LogP) is 4.21. The average Bonchev–Trinajstić information content (AvgIpc) is 2.32. The molecule has 0 fully saturated rings. The Kier molecular flexibility index (Phi) is 3.47. The minimum atomic E-state index is -0.433. The van der Waals surface area contributed by atoms with E-state index in [9.17, 15) is 4.79 Å². The van der Waals surface area contributed by atoms with Gasteiger partial charge in [0, 0.05) is 0 Å². The third kappa shape index (κ3) is 2.58. The number of hydrogen-bond donors (Lipinski definition) is 0. The molecule has 0 N–H and O–H groups in total. The molecule has 98 valence electrons. The van der Waals surface area contributed by atoms with E-state index in [4.69, 9.17) is 4.74 Å². The summed E-state index contributed by atoms with van der Waals surface area (Å²) < 4.78 is 5.69. The van der Waals surface area contributed by atoms with Crippen LogP contribution < -0.4 is 0 Å². The van der Waals surface area contributed by atoms with E-state index in [2.05, 4.69) is 25.1 Å². The van der Waals surface area contributed by atoms with E-state index < -0.39 is 5.41 Å². The van der Waals surface area contributed by atoms with Gasteiger partial charge in [0.2, 0.25) is 0 Å². The van der Waals surface area contributed by atoms with Crippen LogP contribution in [0.3, 0.4) is 0 Å². The number of fused-ring (bicyclic) bond motifs is 1. The Morgan fingerprint density at radius 3 is 2.39 bits per heavy atom. The van der Waals surface area contributed by atoms with Gasteiger partial charge >= 0.3 is 5.97 Å². The number of esters is 1. The molecule has 1 aliphatic carbocycles. The lowest BCUT2D eigenvalue weighted by Crippen LogP contribution is -2.27. The topological polar surface area (TPSA) is 26.3 Å². The number of carbonyl (C=O) groups is 1. The van der Waals surface area contributed by atoms with Gasteiger partial charge in [0.25, 0.3) is 0 Å². The van der Waals surface area contributed by atoms with Gasteiger partial charge in [-0.2, -0.15) is 0 Å². The Bertz CT molecular complexity index is 443. The van der Waals surface area contributed by atoms with Gasteiger partial charge in [-0.15, -0.1) is 0 Å². The van der Waals surface area contributed by atoms with Crippen molar-refractivity contribution in [1.82, 2.24) is 0 Å². The van der Waals surface area contributed by atoms with Crippen molar-refractivity contribution in [3.8, 4) is 0 Å². The first-order valence-corrected chi connectivity index (χ1v) is 6.69. The maximum atomic E-state index is 12.0. The summed E-state index contributed by atoms with van der Waals surface area (Å²) in [6.45, 7) is 7.92. The van der Waals surface area contributed by atoms with Crippen molar-refractivity contribution >= 4 is 5.97 Å². The predicted molar refractivity (Wildman–Crippen MR) is 72.4 cm³/mol. The van der Waals surface area contributed by atoms with Crippen molar-refractivity contribution in [2.75, 3.05) is 0 Å². The van der Waals surface area contributed by atoms with Crippen LogP contribution in [-0.4, -0.2) is 5.97 Å². The monoisotopic (exact) mass is 246 g/mol. The number of carbonyl (C=O) groups excluding carboxylic acids is 1. The lowest BCUT2D eigenvalue weighted by molar-refractivity contribution is -0.159. The van der Waals surface area contributed by atoms with Crippen LogP contribution in [0, 0.1) is 5.41 Å². The van der Waals surface area contributed by atoms with E-state index in [-0.39, 0.29) is 12.1 Å². The van der Waals surface area contributed by atoms with Gasteiger partial charge in [0.15, 0.2) is 0 Å². The van der Waals surface area contributed by atoms with Crippen molar-refractivity contribution < 1.29 is 9.53 Å². The Morgan fingerprint density at radius 1 is 1.17 bits per heavy atom. The SMILES string of the molecule is CC1CCC(OC(=O)C(C)(C)C)c2ccccc21. The third-order valence-electron chi connectivity index (χ3n) is 3.60. The molecule has 0 aromatic heterocycles. The van der Waals surface area contributed by atoms with Gasteiger partial charge in [0.05, 0.1) is 5.41 Å². The Hall–Kier alpha value is -1.31. The molecular formula is C16H22O2. The molecule has 0 amide bonds. The highest BCUT2D eigenvalue weighted by Crippen LogP contribution is 2.39. The van der Waals surface area contributed by atoms with Crippen molar-refractivity contribution in [1.29, 1.82) is 0 Å². The maximum Gasteiger partial charge on any atom is 0.311 e. The Morgan fingerprint density at radius 2 is 1.78 bits per heavy atom. The summed E-state index contributed by atoms with van der Waals surface area (Å²) in [5.41, 5.74) is 2.09. The Labute approximate surface area is 109 Å². The quantitative estimate of drug-likeness (QED) is 0.694. The van der Waals surface area contributed by atoms with Crippen LogP contribution in [0.1, 0.15) is 63.7 Å². The molecule has 2 nitrogen and oxygen atoms in total. The zero-order valence-electron chi connectivity index (χ0n) is 11.7. The molecule has 0 radical (unpaired) electrons. The third-order valence-corrected chi connectivity index (χ3v) is 3.60. The zero-order chi connectivity index (χ0) is 13.3. The summed E-state index contributed by atoms with van der Waals surface area (Å²) in [5.74, 6) is 0.447. The van der Waals surface area contributed by atoms with Crippen LogP contribution in [0.25, 0.3) is 0 Å². The summed E-state index contributed by atoms with van der Waals surface area (Å²) >= 11 is 0. The van der Waals surface area contributed by atoms with Crippen LogP contribution in [-0.2, 0) is 9.53 Å². The molecule has 0 bridgehead atoms. The second kappa shape index (κ2) is 4.75. The highest BCUT2D eigenvalue weighted by molar-refractivity contribution is 5.75. The molecule has 2 atom stereocenters. The first kappa shape index (κ1) is 13.1. The van der Waals surface area contributed by atoms with Crippen molar-refractivity contribution in [2.45, 2.75) is 52.6 Å². The zero-order valence-corrected chi connectivity index (χ0v) is 11.7. The fourth-order valence-corrected chi connectivity index (χ4v) is 2.39. The van der Waals surface area contributed by atoms with E-state index in [1.54, 1.807) is 0 Å². The molecule has 1 aromatic rings. The van der Waals surface area contributed by atoms with Gasteiger partial charge < -0.3 is 4.74 Å². The molecule has 0 spiro atoms. The average molecular weight is 246 g/mol. The highest BCUT2D eigenvalue weighted by atomic mass is 16.5. The molecule has 0 aliphatic heterocycles. The molecule has 1 aromatic carbocycles. The highest BCUT2D eigenvalue weighted by Gasteiger charge is 2.31. The van der Waals surface area contributed by atoms with Gasteiger partial charge in [-0.05, 0) is 50.7 Å². The number of hydrogen-bond acceptors (Lipinski definition) is 2. The molecule has 0 heterocycles. The summed E-state index contributed by atoms with van der Waals surface area (Å²) in [4.78, 5) is 12.0. The van der Waals surface area contributed by atoms with Crippen LogP contribution in [0.4, 0.5) is 0 Å². The summed E-state index contributed by atoms with van der Waals surface area (Å²) in [5, 5.41) is 0.